The molecular weight excluding hydrogens is 647 g/mol. The van der Waals surface area contributed by atoms with Crippen molar-refractivity contribution in [2.75, 3.05) is 40.9 Å². The van der Waals surface area contributed by atoms with Crippen LogP contribution in [0.15, 0.2) is 85.1 Å². The number of carbonyl (C=O) groups excluding carboxylic acids is 1. The van der Waals surface area contributed by atoms with E-state index in [1.165, 1.54) is 0 Å². The Morgan fingerprint density at radius 3 is 1.68 bits per heavy atom. The zero-order valence-corrected chi connectivity index (χ0v) is 32.9. The number of nitrogens with zero attached hydrogens (tertiary/aromatic N) is 1. The van der Waals surface area contributed by atoms with Gasteiger partial charge in [-0.3, -0.25) is 9.36 Å². The monoisotopic (exact) mass is 719 g/mol. The first kappa shape index (κ1) is 47.7. The van der Waals surface area contributed by atoms with Gasteiger partial charge in [-0.25, -0.2) is 0 Å². The van der Waals surface area contributed by atoms with Gasteiger partial charge in [-0.2, -0.15) is 0 Å². The van der Waals surface area contributed by atoms with Crippen LogP contribution in [0.2, 0.25) is 0 Å². The van der Waals surface area contributed by atoms with E-state index in [4.69, 9.17) is 9.05 Å². The van der Waals surface area contributed by atoms with Crippen molar-refractivity contribution in [1.29, 1.82) is 0 Å². The Bertz CT molecular complexity index is 1090. The van der Waals surface area contributed by atoms with Gasteiger partial charge in [0, 0.05) is 6.42 Å². The molecule has 3 unspecified atom stereocenters. The Kier molecular flexibility index (Phi) is 31.1. The van der Waals surface area contributed by atoms with Gasteiger partial charge in [0.2, 0.25) is 5.91 Å². The van der Waals surface area contributed by atoms with E-state index in [0.717, 1.165) is 83.5 Å². The smallest absolute Gasteiger partial charge is 0.268 e. The van der Waals surface area contributed by atoms with Crippen molar-refractivity contribution in [2.24, 2.45) is 0 Å². The minimum absolute atomic E-state index is 0.00506. The number of allylic oxidation sites excluding steroid dienone is 14. The maximum atomic E-state index is 12.7. The predicted octanol–water partition coefficient (Wildman–Crippen LogP) is 9.21. The normalized spacial score (nSPS) is 15.6. The second-order valence-electron chi connectivity index (χ2n) is 13.5. The number of quaternary nitrogens is 1. The Morgan fingerprint density at radius 1 is 0.720 bits per heavy atom. The number of aliphatic hydroxyl groups excluding tert-OH is 1. The number of nitrogens with one attached hydrogen (secondary N) is 1. The molecule has 0 aromatic carbocycles. The van der Waals surface area contributed by atoms with Crippen LogP contribution in [0.5, 0.6) is 0 Å². The summed E-state index contributed by atoms with van der Waals surface area (Å²) in [7, 11) is 1.24. The molecule has 9 heteroatoms. The van der Waals surface area contributed by atoms with Gasteiger partial charge in [-0.05, 0) is 64.2 Å². The van der Waals surface area contributed by atoms with Gasteiger partial charge in [0.25, 0.3) is 7.82 Å². The molecular formula is C41H71N2O6P. The van der Waals surface area contributed by atoms with Crippen molar-refractivity contribution >= 4 is 13.7 Å². The molecule has 0 rings (SSSR count). The van der Waals surface area contributed by atoms with Gasteiger partial charge in [0.15, 0.2) is 0 Å². The van der Waals surface area contributed by atoms with Crippen LogP contribution in [0.25, 0.3) is 0 Å². The van der Waals surface area contributed by atoms with Crippen LogP contribution in [-0.2, 0) is 18.4 Å². The number of hydrogen-bond donors (Lipinski definition) is 2. The average Bonchev–Trinajstić information content (AvgIpc) is 3.06. The van der Waals surface area contributed by atoms with Gasteiger partial charge in [-0.1, -0.05) is 131 Å². The highest BCUT2D eigenvalue weighted by molar-refractivity contribution is 7.45. The minimum atomic E-state index is -4.57. The van der Waals surface area contributed by atoms with E-state index in [9.17, 15) is 19.4 Å². The highest BCUT2D eigenvalue weighted by atomic mass is 31.2. The van der Waals surface area contributed by atoms with Crippen molar-refractivity contribution in [3.8, 4) is 0 Å². The molecule has 1 amide bonds. The molecule has 3 atom stereocenters. The van der Waals surface area contributed by atoms with Crippen LogP contribution in [0.1, 0.15) is 117 Å². The summed E-state index contributed by atoms with van der Waals surface area (Å²) < 4.78 is 22.9. The van der Waals surface area contributed by atoms with E-state index in [-0.39, 0.29) is 25.5 Å². The zero-order valence-electron chi connectivity index (χ0n) is 32.1. The first-order chi connectivity index (χ1) is 24.0. The van der Waals surface area contributed by atoms with Gasteiger partial charge in [0.05, 0.1) is 39.9 Å². The maximum Gasteiger partial charge on any atom is 0.268 e. The summed E-state index contributed by atoms with van der Waals surface area (Å²) in [5.74, 6) is -0.235. The lowest BCUT2D eigenvalue weighted by atomic mass is 10.0. The third-order valence-electron chi connectivity index (χ3n) is 7.65. The molecule has 0 saturated carbocycles. The molecule has 0 aliphatic rings. The molecule has 0 fully saturated rings. The third kappa shape index (κ3) is 34.1. The summed E-state index contributed by atoms with van der Waals surface area (Å²) in [5, 5.41) is 13.6. The molecule has 0 aliphatic carbocycles. The second-order valence-corrected chi connectivity index (χ2v) is 15.0. The number of phosphoric acid groups is 1. The molecule has 0 heterocycles. The predicted molar refractivity (Wildman–Crippen MR) is 210 cm³/mol. The van der Waals surface area contributed by atoms with E-state index >= 15 is 0 Å². The van der Waals surface area contributed by atoms with Crippen molar-refractivity contribution < 1.29 is 32.9 Å². The van der Waals surface area contributed by atoms with Crippen molar-refractivity contribution in [3.63, 3.8) is 0 Å². The average molecular weight is 719 g/mol. The van der Waals surface area contributed by atoms with Crippen molar-refractivity contribution in [3.05, 3.63) is 85.1 Å². The number of hydrogen-bond acceptors (Lipinski definition) is 6. The summed E-state index contributed by atoms with van der Waals surface area (Å²) in [6.45, 7) is 4.42. The number of rotatable bonds is 32. The Labute approximate surface area is 306 Å². The first-order valence-electron chi connectivity index (χ1n) is 18.9. The SMILES string of the molecule is CC/C=C\C/C=C\C/C=C\C/C=C\C/C=C\C/C=C\C/C=C\CCCC(=O)NC(COP(=O)([O-])OCC[N+](C)(C)C)C(O)CCCCCCC. The number of carbonyl (C=O) groups is 1. The van der Waals surface area contributed by atoms with E-state index in [1.54, 1.807) is 0 Å². The second kappa shape index (κ2) is 32.6. The van der Waals surface area contributed by atoms with Gasteiger partial charge < -0.3 is 28.8 Å². The number of amides is 1. The largest absolute Gasteiger partial charge is 0.756 e. The third-order valence-corrected chi connectivity index (χ3v) is 8.61. The fraction of sp³-hybridized carbons (Fsp3) is 0.634. The molecule has 0 radical (unpaired) electrons. The number of likely N-dealkylation sites (N-methyl/N-ethyl adjacent to an activating group) is 1. The van der Waals surface area contributed by atoms with Gasteiger partial charge in [0.1, 0.15) is 13.2 Å². The van der Waals surface area contributed by atoms with Gasteiger partial charge in [-0.15, -0.1) is 0 Å². The van der Waals surface area contributed by atoms with E-state index in [2.05, 4.69) is 104 Å². The summed E-state index contributed by atoms with van der Waals surface area (Å²) in [6, 6.07) is -0.832. The van der Waals surface area contributed by atoms with Crippen LogP contribution in [-0.4, -0.2) is 68.5 Å². The standard InChI is InChI=1S/C41H71N2O6P/c1-6-8-10-12-13-14-15-16-17-18-19-20-21-22-23-24-25-26-27-28-29-31-33-35-41(45)42-39(40(44)34-32-30-11-9-7-2)38-49-50(46,47)48-37-36-43(3,4)5/h8,10,13-14,16-17,19-20,22-23,25-26,28-29,39-40,44H,6-7,9,11-12,15,18,21,24,27,30-38H2,1-5H3,(H-,42,45,46,47)/b10-8-,14-13-,17-16-,20-19-,23-22-,26-25-,29-28-. The van der Waals surface area contributed by atoms with Crippen LogP contribution in [0.4, 0.5) is 0 Å². The molecule has 2 N–H and O–H groups in total. The molecule has 0 aromatic rings. The molecule has 0 aliphatic heterocycles. The Balaban J connectivity index is 4.36. The fourth-order valence-corrected chi connectivity index (χ4v) is 5.34. The van der Waals surface area contributed by atoms with Crippen LogP contribution in [0, 0.1) is 0 Å². The van der Waals surface area contributed by atoms with Crippen LogP contribution in [0.3, 0.4) is 0 Å². The molecule has 50 heavy (non-hydrogen) atoms. The van der Waals surface area contributed by atoms with Crippen molar-refractivity contribution in [1.82, 2.24) is 5.32 Å². The van der Waals surface area contributed by atoms with E-state index in [0.29, 0.717) is 23.9 Å². The molecule has 0 aromatic heterocycles. The first-order valence-corrected chi connectivity index (χ1v) is 20.4. The molecule has 0 bridgehead atoms. The Morgan fingerprint density at radius 2 is 1.20 bits per heavy atom. The molecule has 0 saturated heterocycles. The highest BCUT2D eigenvalue weighted by Crippen LogP contribution is 2.38. The quantitative estimate of drug-likeness (QED) is 0.0311. The fourth-order valence-electron chi connectivity index (χ4n) is 4.61. The highest BCUT2D eigenvalue weighted by Gasteiger charge is 2.24. The summed E-state index contributed by atoms with van der Waals surface area (Å²) in [5.41, 5.74) is 0. The summed E-state index contributed by atoms with van der Waals surface area (Å²) in [6.07, 6.45) is 43.5. The Hall–Kier alpha value is -2.32. The van der Waals surface area contributed by atoms with Crippen LogP contribution >= 0.6 is 7.82 Å². The number of aliphatic hydroxyl groups is 1. The van der Waals surface area contributed by atoms with E-state index < -0.39 is 20.0 Å². The number of unbranched alkanes of at least 4 members (excludes halogenated alkanes) is 5. The van der Waals surface area contributed by atoms with Crippen molar-refractivity contribution in [2.45, 2.75) is 129 Å². The van der Waals surface area contributed by atoms with Gasteiger partial charge >= 0.3 is 0 Å². The number of phosphoric ester groups is 1. The lowest BCUT2D eigenvalue weighted by molar-refractivity contribution is -0.870. The van der Waals surface area contributed by atoms with Crippen LogP contribution < -0.4 is 10.2 Å². The summed E-state index contributed by atoms with van der Waals surface area (Å²) >= 11 is 0. The molecule has 8 nitrogen and oxygen atoms in total. The zero-order chi connectivity index (χ0) is 37.2. The van der Waals surface area contributed by atoms with E-state index in [1.807, 2.05) is 21.1 Å². The maximum absolute atomic E-state index is 12.7. The molecule has 286 valence electrons. The summed E-state index contributed by atoms with van der Waals surface area (Å²) in [4.78, 5) is 25.0. The molecule has 0 spiro atoms. The lowest BCUT2D eigenvalue weighted by Crippen LogP contribution is -2.46. The topological polar surface area (TPSA) is 108 Å². The lowest BCUT2D eigenvalue weighted by Gasteiger charge is -2.30. The minimum Gasteiger partial charge on any atom is -0.756 e.